The third-order valence-electron chi connectivity index (χ3n) is 0.762. The first-order valence-electron chi connectivity index (χ1n) is 2.46. The molecule has 5 heteroatoms. The molecule has 0 fully saturated rings. The van der Waals surface area contributed by atoms with Gasteiger partial charge in [0.15, 0.2) is 0 Å². The first-order valence-corrected chi connectivity index (χ1v) is 3.28. The molecule has 1 heterocycles. The first-order chi connectivity index (χ1) is 4.79. The molecule has 52 valence electrons. The quantitative estimate of drug-likeness (QED) is 0.620. The third kappa shape index (κ3) is 2.02. The van der Waals surface area contributed by atoms with Crippen molar-refractivity contribution >= 4 is 17.1 Å². The summed E-state index contributed by atoms with van der Waals surface area (Å²) in [5.41, 5.74) is 0. The molecule has 0 saturated heterocycles. The van der Waals surface area contributed by atoms with E-state index in [-0.39, 0.29) is 0 Å². The van der Waals surface area contributed by atoms with E-state index in [1.807, 2.05) is 0 Å². The number of aromatic nitrogens is 2. The summed E-state index contributed by atoms with van der Waals surface area (Å²) in [7, 11) is 0. The Bertz CT molecular complexity index is 226. The number of hydrogen-bond acceptors (Lipinski definition) is 4. The van der Waals surface area contributed by atoms with Crippen molar-refractivity contribution in [2.75, 3.05) is 0 Å². The van der Waals surface area contributed by atoms with Crippen molar-refractivity contribution in [1.29, 1.82) is 0 Å². The van der Waals surface area contributed by atoms with Crippen molar-refractivity contribution < 1.29 is 9.90 Å². The van der Waals surface area contributed by atoms with Gasteiger partial charge in [-0.2, -0.15) is 10.2 Å². The molecular weight excluding hydrogens is 152 g/mol. The molecule has 0 atom stereocenters. The van der Waals surface area contributed by atoms with Crippen LogP contribution < -0.4 is 0 Å². The minimum Gasteiger partial charge on any atom is -0.473 e. The maximum absolute atomic E-state index is 10.1. The lowest BCUT2D eigenvalue weighted by molar-refractivity contribution is 0.222. The molecule has 0 aliphatic heterocycles. The summed E-state index contributed by atoms with van der Waals surface area (Å²) in [6.07, 6.45) is 2.85. The predicted octanol–water partition coefficient (Wildman–Crippen LogP) is 1.25. The van der Waals surface area contributed by atoms with E-state index in [0.29, 0.717) is 16.7 Å². The van der Waals surface area contributed by atoms with Gasteiger partial charge >= 0.3 is 5.30 Å². The Morgan fingerprint density at radius 3 is 2.90 bits per heavy atom. The van der Waals surface area contributed by atoms with E-state index in [9.17, 15) is 4.79 Å². The molecule has 0 bridgehead atoms. The number of carbonyl (C=O) groups is 1. The van der Waals surface area contributed by atoms with Gasteiger partial charge in [-0.1, -0.05) is 0 Å². The molecule has 1 aromatic rings. The van der Waals surface area contributed by atoms with E-state index in [2.05, 4.69) is 10.2 Å². The Morgan fingerprint density at radius 1 is 1.60 bits per heavy atom. The van der Waals surface area contributed by atoms with Gasteiger partial charge in [0.25, 0.3) is 0 Å². The molecule has 10 heavy (non-hydrogen) atoms. The SMILES string of the molecule is O=C(O)Sc1ccnnc1. The van der Waals surface area contributed by atoms with Crippen LogP contribution in [0.1, 0.15) is 0 Å². The number of hydrogen-bond donors (Lipinski definition) is 1. The van der Waals surface area contributed by atoms with Gasteiger partial charge in [-0.05, 0) is 17.8 Å². The van der Waals surface area contributed by atoms with Gasteiger partial charge in [-0.3, -0.25) is 0 Å². The Kier molecular flexibility index (Phi) is 2.22. The second kappa shape index (κ2) is 3.17. The van der Waals surface area contributed by atoms with Crippen molar-refractivity contribution in [2.24, 2.45) is 0 Å². The van der Waals surface area contributed by atoms with Crippen LogP contribution in [0.2, 0.25) is 0 Å². The molecule has 0 amide bonds. The highest BCUT2D eigenvalue weighted by molar-refractivity contribution is 8.13. The second-order valence-corrected chi connectivity index (χ2v) is 2.47. The standard InChI is InChI=1S/C5H4N2O2S/c8-5(9)10-4-1-2-6-7-3-4/h1-3H,(H,8,9). The lowest BCUT2D eigenvalue weighted by atomic mass is 10.6. The normalized spacial score (nSPS) is 9.20. The van der Waals surface area contributed by atoms with Gasteiger partial charge in [0.05, 0.1) is 12.4 Å². The highest BCUT2D eigenvalue weighted by Gasteiger charge is 1.98. The average Bonchev–Trinajstić information content (AvgIpc) is 1.88. The van der Waals surface area contributed by atoms with Crippen LogP contribution >= 0.6 is 11.8 Å². The van der Waals surface area contributed by atoms with Crippen molar-refractivity contribution in [3.63, 3.8) is 0 Å². The van der Waals surface area contributed by atoms with Gasteiger partial charge in [0.1, 0.15) is 0 Å². The number of nitrogens with zero attached hydrogens (tertiary/aromatic N) is 2. The van der Waals surface area contributed by atoms with Gasteiger partial charge < -0.3 is 5.11 Å². The molecule has 4 nitrogen and oxygen atoms in total. The van der Waals surface area contributed by atoms with E-state index >= 15 is 0 Å². The van der Waals surface area contributed by atoms with Gasteiger partial charge in [0.2, 0.25) is 0 Å². The summed E-state index contributed by atoms with van der Waals surface area (Å²) in [5, 5.41) is 14.3. The molecule has 0 aromatic carbocycles. The minimum absolute atomic E-state index is 0.586. The van der Waals surface area contributed by atoms with E-state index in [1.54, 1.807) is 6.07 Å². The van der Waals surface area contributed by atoms with E-state index in [1.165, 1.54) is 12.4 Å². The zero-order valence-electron chi connectivity index (χ0n) is 4.89. The first kappa shape index (κ1) is 7.01. The smallest absolute Gasteiger partial charge is 0.369 e. The van der Waals surface area contributed by atoms with Crippen LogP contribution in [0.5, 0.6) is 0 Å². The Hall–Kier alpha value is -1.10. The van der Waals surface area contributed by atoms with Crippen LogP contribution in [0.15, 0.2) is 23.4 Å². The molecule has 0 spiro atoms. The molecule has 0 unspecified atom stereocenters. The summed E-state index contributed by atoms with van der Waals surface area (Å²) in [6, 6.07) is 1.59. The molecule has 0 saturated carbocycles. The molecule has 1 N–H and O–H groups in total. The minimum atomic E-state index is -0.937. The maximum atomic E-state index is 10.1. The molecule has 0 aliphatic carbocycles. The van der Waals surface area contributed by atoms with E-state index in [0.717, 1.165) is 0 Å². The Labute approximate surface area is 61.3 Å². The monoisotopic (exact) mass is 156 g/mol. The largest absolute Gasteiger partial charge is 0.473 e. The maximum Gasteiger partial charge on any atom is 0.369 e. The molecule has 0 radical (unpaired) electrons. The van der Waals surface area contributed by atoms with Crippen molar-refractivity contribution in [3.8, 4) is 0 Å². The molecule has 1 aromatic heterocycles. The summed E-state index contributed by atoms with van der Waals surface area (Å²) >= 11 is 0.713. The Morgan fingerprint density at radius 2 is 2.40 bits per heavy atom. The van der Waals surface area contributed by atoms with E-state index in [4.69, 9.17) is 5.11 Å². The van der Waals surface area contributed by atoms with Crippen LogP contribution in [-0.2, 0) is 0 Å². The zero-order chi connectivity index (χ0) is 7.40. The summed E-state index contributed by atoms with van der Waals surface area (Å²) in [5.74, 6) is 0. The van der Waals surface area contributed by atoms with Crippen LogP contribution in [0, 0.1) is 0 Å². The Balaban J connectivity index is 2.67. The fourth-order valence-corrected chi connectivity index (χ4v) is 0.870. The highest BCUT2D eigenvalue weighted by atomic mass is 32.2. The summed E-state index contributed by atoms with van der Waals surface area (Å²) < 4.78 is 0. The number of carboxylic acid groups (broad SMARTS) is 1. The summed E-state index contributed by atoms with van der Waals surface area (Å²) in [4.78, 5) is 10.7. The van der Waals surface area contributed by atoms with Crippen LogP contribution in [0.3, 0.4) is 0 Å². The molecule has 0 aliphatic rings. The van der Waals surface area contributed by atoms with Gasteiger partial charge in [-0.25, -0.2) is 4.79 Å². The zero-order valence-corrected chi connectivity index (χ0v) is 5.71. The number of rotatable bonds is 1. The predicted molar refractivity (Wildman–Crippen MR) is 35.9 cm³/mol. The van der Waals surface area contributed by atoms with Crippen LogP contribution in [-0.4, -0.2) is 20.6 Å². The third-order valence-corrected chi connectivity index (χ3v) is 1.41. The van der Waals surface area contributed by atoms with Gasteiger partial charge in [0, 0.05) is 4.90 Å². The van der Waals surface area contributed by atoms with Crippen LogP contribution in [0.4, 0.5) is 4.79 Å². The highest BCUT2D eigenvalue weighted by Crippen LogP contribution is 2.14. The fraction of sp³-hybridized carbons (Fsp3) is 0. The number of thioether (sulfide) groups is 1. The van der Waals surface area contributed by atoms with Crippen molar-refractivity contribution in [3.05, 3.63) is 18.5 Å². The van der Waals surface area contributed by atoms with Crippen molar-refractivity contribution in [1.82, 2.24) is 10.2 Å². The average molecular weight is 156 g/mol. The second-order valence-electron chi connectivity index (χ2n) is 1.45. The van der Waals surface area contributed by atoms with Gasteiger partial charge in [-0.15, -0.1) is 0 Å². The van der Waals surface area contributed by atoms with E-state index < -0.39 is 5.30 Å². The summed E-state index contributed by atoms with van der Waals surface area (Å²) in [6.45, 7) is 0. The molecule has 1 rings (SSSR count). The fourth-order valence-electron chi connectivity index (χ4n) is 0.440. The van der Waals surface area contributed by atoms with Crippen LogP contribution in [0.25, 0.3) is 0 Å². The molecular formula is C5H4N2O2S. The lowest BCUT2D eigenvalue weighted by Crippen LogP contribution is -1.84. The van der Waals surface area contributed by atoms with Crippen molar-refractivity contribution in [2.45, 2.75) is 4.90 Å². The lowest BCUT2D eigenvalue weighted by Gasteiger charge is -1.90. The topological polar surface area (TPSA) is 63.1 Å².